The molecule has 15 heteroatoms. The average Bonchev–Trinajstić information content (AvgIpc) is 3.19. The molecule has 3 atom stereocenters. The van der Waals surface area contributed by atoms with Gasteiger partial charge in [0.2, 0.25) is 0 Å². The van der Waals surface area contributed by atoms with Crippen molar-refractivity contribution in [3.8, 4) is 0 Å². The first kappa shape index (κ1) is 56.6. The summed E-state index contributed by atoms with van der Waals surface area (Å²) in [6.45, 7) is 1.55. The summed E-state index contributed by atoms with van der Waals surface area (Å²) in [7, 11) is -9.70. The van der Waals surface area contributed by atoms with E-state index >= 15 is 0 Å². The van der Waals surface area contributed by atoms with E-state index in [0.29, 0.717) is 19.3 Å². The summed E-state index contributed by atoms with van der Waals surface area (Å²) in [6, 6.07) is 0. The Kier molecular flexibility index (Phi) is 38.0. The number of carbonyl (C=O) groups is 2. The van der Waals surface area contributed by atoms with Gasteiger partial charge in [-0.1, -0.05) is 138 Å². The lowest BCUT2D eigenvalue weighted by Crippen LogP contribution is -2.29. The minimum Gasteiger partial charge on any atom is -0.462 e. The van der Waals surface area contributed by atoms with E-state index < -0.39 is 66.2 Å². The first-order valence-corrected chi connectivity index (χ1v) is 24.7. The highest BCUT2D eigenvalue weighted by Crippen LogP contribution is 2.43. The predicted octanol–water partition coefficient (Wildman–Crippen LogP) is 11.0. The van der Waals surface area contributed by atoms with Gasteiger partial charge in [-0.2, -0.15) is 0 Å². The number of allylic oxidation sites excluding steroid dienone is 12. The fourth-order valence-electron chi connectivity index (χ4n) is 5.32. The number of ether oxygens (including phenoxy) is 2. The fraction of sp³-hybridized carbons (Fsp3) is 0.682. The van der Waals surface area contributed by atoms with Crippen molar-refractivity contribution in [1.29, 1.82) is 0 Å². The van der Waals surface area contributed by atoms with Crippen LogP contribution in [0.3, 0.4) is 0 Å². The quantitative estimate of drug-likeness (QED) is 0.0197. The third-order valence-corrected chi connectivity index (χ3v) is 10.0. The molecule has 0 fully saturated rings. The van der Waals surface area contributed by atoms with E-state index in [1.807, 2.05) is 12.2 Å². The SMILES string of the molecule is CCC=CCC=CCC=CCCCCCCCC(=O)OCC(COP(=O)(O)OCC(O)COP(=O)(O)O)OC(=O)CCCC=CCC=CCC=CCCCCCCCC. The van der Waals surface area contributed by atoms with Crippen molar-refractivity contribution in [1.82, 2.24) is 0 Å². The maximum Gasteiger partial charge on any atom is 0.472 e. The van der Waals surface area contributed by atoms with Crippen LogP contribution in [0.1, 0.15) is 155 Å². The summed E-state index contributed by atoms with van der Waals surface area (Å²) in [5.41, 5.74) is 0. The summed E-state index contributed by atoms with van der Waals surface area (Å²) in [5.74, 6) is -1.12. The van der Waals surface area contributed by atoms with E-state index in [4.69, 9.17) is 23.8 Å². The monoisotopic (exact) mass is 874 g/mol. The Balaban J connectivity index is 4.65. The molecule has 4 N–H and O–H groups in total. The van der Waals surface area contributed by atoms with Gasteiger partial charge in [0.05, 0.1) is 19.8 Å². The molecule has 0 aromatic carbocycles. The summed E-state index contributed by atoms with van der Waals surface area (Å²) < 4.78 is 47.7. The molecular weight excluding hydrogens is 798 g/mol. The number of aliphatic hydroxyl groups is 1. The molecule has 0 spiro atoms. The number of esters is 2. The number of rotatable bonds is 40. The zero-order chi connectivity index (χ0) is 43.7. The van der Waals surface area contributed by atoms with Gasteiger partial charge in [-0.05, 0) is 77.0 Å². The van der Waals surface area contributed by atoms with Crippen molar-refractivity contribution >= 4 is 27.6 Å². The fourth-order valence-corrected chi connectivity index (χ4v) is 6.47. The van der Waals surface area contributed by atoms with Gasteiger partial charge in [0.15, 0.2) is 6.10 Å². The molecule has 13 nitrogen and oxygen atoms in total. The van der Waals surface area contributed by atoms with E-state index in [1.54, 1.807) is 0 Å². The van der Waals surface area contributed by atoms with Crippen LogP contribution in [0.15, 0.2) is 72.9 Å². The number of aliphatic hydroxyl groups excluding tert-OH is 1. The molecule has 0 aromatic rings. The molecule has 59 heavy (non-hydrogen) atoms. The summed E-state index contributed by atoms with van der Waals surface area (Å²) in [5, 5.41) is 9.74. The van der Waals surface area contributed by atoms with E-state index in [2.05, 4.69) is 83.7 Å². The Morgan fingerprint density at radius 1 is 0.508 bits per heavy atom. The second-order valence-electron chi connectivity index (χ2n) is 14.2. The second kappa shape index (κ2) is 39.7. The molecule has 0 aliphatic rings. The van der Waals surface area contributed by atoms with Crippen molar-refractivity contribution in [3.05, 3.63) is 72.9 Å². The first-order chi connectivity index (χ1) is 28.4. The number of phosphoric acid groups is 2. The minimum absolute atomic E-state index is 0.0524. The van der Waals surface area contributed by atoms with Crippen molar-refractivity contribution in [2.24, 2.45) is 0 Å². The zero-order valence-corrected chi connectivity index (χ0v) is 37.6. The van der Waals surface area contributed by atoms with Crippen molar-refractivity contribution in [2.45, 2.75) is 167 Å². The number of hydrogen-bond donors (Lipinski definition) is 4. The molecule has 0 aromatic heterocycles. The third kappa shape index (κ3) is 43.5. The second-order valence-corrected chi connectivity index (χ2v) is 16.9. The van der Waals surface area contributed by atoms with Crippen LogP contribution in [0.25, 0.3) is 0 Å². The van der Waals surface area contributed by atoms with E-state index in [-0.39, 0.29) is 12.8 Å². The molecule has 3 unspecified atom stereocenters. The molecule has 0 saturated heterocycles. The van der Waals surface area contributed by atoms with E-state index in [9.17, 15) is 28.7 Å². The normalized spacial score (nSPS) is 14.7. The average molecular weight is 875 g/mol. The highest BCUT2D eigenvalue weighted by molar-refractivity contribution is 7.47. The first-order valence-electron chi connectivity index (χ1n) is 21.6. The van der Waals surface area contributed by atoms with Crippen LogP contribution >= 0.6 is 15.6 Å². The Labute approximate surface area is 354 Å². The van der Waals surface area contributed by atoms with E-state index in [0.717, 1.165) is 70.6 Å². The maximum atomic E-state index is 12.6. The molecule has 0 rings (SSSR count). The number of unbranched alkanes of at least 4 members (excludes halogenated alkanes) is 12. The van der Waals surface area contributed by atoms with Crippen LogP contribution in [-0.2, 0) is 41.8 Å². The van der Waals surface area contributed by atoms with Gasteiger partial charge in [-0.3, -0.25) is 23.2 Å². The van der Waals surface area contributed by atoms with Crippen LogP contribution in [0.5, 0.6) is 0 Å². The van der Waals surface area contributed by atoms with Gasteiger partial charge in [0.1, 0.15) is 12.7 Å². The Morgan fingerprint density at radius 3 is 1.49 bits per heavy atom. The van der Waals surface area contributed by atoms with Gasteiger partial charge in [0.25, 0.3) is 0 Å². The summed E-state index contributed by atoms with van der Waals surface area (Å²) >= 11 is 0. The van der Waals surface area contributed by atoms with Gasteiger partial charge < -0.3 is 29.3 Å². The van der Waals surface area contributed by atoms with E-state index in [1.165, 1.54) is 38.5 Å². The largest absolute Gasteiger partial charge is 0.472 e. The Hall–Kier alpha value is -2.44. The van der Waals surface area contributed by atoms with Gasteiger partial charge in [-0.25, -0.2) is 9.13 Å². The Bertz CT molecular complexity index is 1320. The lowest BCUT2D eigenvalue weighted by atomic mass is 10.1. The number of phosphoric ester groups is 2. The molecule has 0 amide bonds. The van der Waals surface area contributed by atoms with Crippen LogP contribution in [0, 0.1) is 0 Å². The van der Waals surface area contributed by atoms with Crippen LogP contribution in [-0.4, -0.2) is 70.4 Å². The zero-order valence-electron chi connectivity index (χ0n) is 35.8. The third-order valence-electron chi connectivity index (χ3n) is 8.57. The van der Waals surface area contributed by atoms with Crippen molar-refractivity contribution in [2.75, 3.05) is 26.4 Å². The highest BCUT2D eigenvalue weighted by Gasteiger charge is 2.28. The smallest absolute Gasteiger partial charge is 0.462 e. The lowest BCUT2D eigenvalue weighted by Gasteiger charge is -2.20. The molecule has 340 valence electrons. The topological polar surface area (TPSA) is 195 Å². The lowest BCUT2D eigenvalue weighted by molar-refractivity contribution is -0.161. The number of hydrogen-bond acceptors (Lipinski definition) is 10. The maximum absolute atomic E-state index is 12.6. The summed E-state index contributed by atoms with van der Waals surface area (Å²) in [4.78, 5) is 52.6. The molecular formula is C44H76O13P2. The molecule has 0 heterocycles. The molecule has 0 aliphatic heterocycles. The van der Waals surface area contributed by atoms with Gasteiger partial charge >= 0.3 is 27.6 Å². The van der Waals surface area contributed by atoms with Crippen molar-refractivity contribution in [3.63, 3.8) is 0 Å². The van der Waals surface area contributed by atoms with Gasteiger partial charge in [0, 0.05) is 12.8 Å². The molecule has 0 aliphatic carbocycles. The summed E-state index contributed by atoms with van der Waals surface area (Å²) in [6.07, 6.45) is 43.3. The molecule has 0 bridgehead atoms. The minimum atomic E-state index is -4.87. The number of carbonyl (C=O) groups excluding carboxylic acids is 2. The van der Waals surface area contributed by atoms with Crippen LogP contribution in [0.4, 0.5) is 0 Å². The van der Waals surface area contributed by atoms with Crippen molar-refractivity contribution < 1.29 is 61.6 Å². The molecule has 0 radical (unpaired) electrons. The van der Waals surface area contributed by atoms with Crippen LogP contribution in [0.2, 0.25) is 0 Å². The standard InChI is InChI=1S/C44H76O13P2/c1-3-5-7-9-11-13-15-17-19-20-22-24-26-28-30-32-34-36-44(47)57-42(40-56-59(51,52)55-38-41(45)37-54-58(48,49)50)39-53-43(46)35-33-31-29-27-25-23-21-18-16-14-12-10-8-6-4-2/h6,8,12,14,17-19,21-22,24,28,30,41-42,45H,3-5,7,9-11,13,15-16,20,23,25-27,29,31-40H2,1-2H3,(H,51,52)(H2,48,49,50). The molecule has 0 saturated carbocycles. The Morgan fingerprint density at radius 2 is 0.949 bits per heavy atom. The highest BCUT2D eigenvalue weighted by atomic mass is 31.2. The predicted molar refractivity (Wildman–Crippen MR) is 234 cm³/mol. The van der Waals surface area contributed by atoms with Gasteiger partial charge in [-0.15, -0.1) is 0 Å². The van der Waals surface area contributed by atoms with Crippen LogP contribution < -0.4 is 0 Å².